The standard InChI is InChI=1S/C13H16N2S/c1-4-16-13(14-3)15-11(2)10-12-8-6-5-7-9-12/h4-9H,1-2,10H2,3H3,(H,14,15). The van der Waals surface area contributed by atoms with Crippen molar-refractivity contribution in [3.05, 3.63) is 60.2 Å². The monoisotopic (exact) mass is 232 g/mol. The predicted octanol–water partition coefficient (Wildman–Crippen LogP) is 3.19. The molecule has 0 bridgehead atoms. The van der Waals surface area contributed by atoms with E-state index in [0.29, 0.717) is 0 Å². The lowest BCUT2D eigenvalue weighted by atomic mass is 10.1. The summed E-state index contributed by atoms with van der Waals surface area (Å²) in [6, 6.07) is 10.2. The number of nitrogens with zero attached hydrogens (tertiary/aromatic N) is 1. The number of hydrogen-bond acceptors (Lipinski definition) is 2. The van der Waals surface area contributed by atoms with Crippen molar-refractivity contribution in [2.45, 2.75) is 6.42 Å². The van der Waals surface area contributed by atoms with Crippen LogP contribution in [-0.4, -0.2) is 12.2 Å². The molecule has 0 aromatic heterocycles. The quantitative estimate of drug-likeness (QED) is 0.637. The predicted molar refractivity (Wildman–Crippen MR) is 73.6 cm³/mol. The Morgan fingerprint density at radius 3 is 2.69 bits per heavy atom. The van der Waals surface area contributed by atoms with Gasteiger partial charge in [-0.2, -0.15) is 0 Å². The number of nitrogens with one attached hydrogen (secondary N) is 1. The van der Waals surface area contributed by atoms with E-state index >= 15 is 0 Å². The van der Waals surface area contributed by atoms with Gasteiger partial charge < -0.3 is 5.32 Å². The van der Waals surface area contributed by atoms with E-state index in [1.54, 1.807) is 12.5 Å². The van der Waals surface area contributed by atoms with Crippen molar-refractivity contribution in [3.8, 4) is 0 Å². The van der Waals surface area contributed by atoms with Crippen LogP contribution in [0.15, 0.2) is 59.6 Å². The molecule has 0 saturated heterocycles. The SMILES string of the molecule is C=CSC(=NC)NC(=C)Cc1ccccc1. The third-order valence-electron chi connectivity index (χ3n) is 1.94. The van der Waals surface area contributed by atoms with Gasteiger partial charge in [0.2, 0.25) is 0 Å². The number of amidine groups is 1. The number of rotatable bonds is 4. The van der Waals surface area contributed by atoms with Crippen molar-refractivity contribution in [2.75, 3.05) is 7.05 Å². The molecule has 0 unspecified atom stereocenters. The lowest BCUT2D eigenvalue weighted by molar-refractivity contribution is 1.02. The van der Waals surface area contributed by atoms with Gasteiger partial charge in [-0.15, -0.1) is 0 Å². The molecule has 0 aliphatic heterocycles. The smallest absolute Gasteiger partial charge is 0.164 e. The Kier molecular flexibility index (Phi) is 5.43. The molecular weight excluding hydrogens is 216 g/mol. The fourth-order valence-electron chi connectivity index (χ4n) is 1.25. The lowest BCUT2D eigenvalue weighted by Crippen LogP contribution is -2.19. The average Bonchev–Trinajstić information content (AvgIpc) is 2.29. The fourth-order valence-corrected chi connectivity index (χ4v) is 1.72. The molecule has 1 rings (SSSR count). The van der Waals surface area contributed by atoms with Gasteiger partial charge in [0.25, 0.3) is 0 Å². The van der Waals surface area contributed by atoms with Crippen LogP contribution < -0.4 is 5.32 Å². The highest BCUT2D eigenvalue weighted by atomic mass is 32.2. The minimum atomic E-state index is 0.803. The van der Waals surface area contributed by atoms with Gasteiger partial charge in [-0.1, -0.05) is 55.3 Å². The normalized spacial score (nSPS) is 10.9. The van der Waals surface area contributed by atoms with Crippen LogP contribution in [0.25, 0.3) is 0 Å². The zero-order valence-corrected chi connectivity index (χ0v) is 10.3. The second kappa shape index (κ2) is 6.90. The molecule has 3 heteroatoms. The Hall–Kier alpha value is -1.48. The minimum Gasteiger partial charge on any atom is -0.339 e. The van der Waals surface area contributed by atoms with Crippen LogP contribution >= 0.6 is 11.8 Å². The summed E-state index contributed by atoms with van der Waals surface area (Å²) in [5.41, 5.74) is 2.17. The van der Waals surface area contributed by atoms with E-state index in [1.807, 2.05) is 18.2 Å². The number of hydrogen-bond donors (Lipinski definition) is 1. The molecule has 0 heterocycles. The third kappa shape index (κ3) is 4.36. The van der Waals surface area contributed by atoms with Crippen LogP contribution in [0.2, 0.25) is 0 Å². The van der Waals surface area contributed by atoms with Gasteiger partial charge in [-0.05, 0) is 11.0 Å². The summed E-state index contributed by atoms with van der Waals surface area (Å²) in [4.78, 5) is 4.10. The molecule has 2 nitrogen and oxygen atoms in total. The molecule has 0 aliphatic rings. The van der Waals surface area contributed by atoms with Crippen molar-refractivity contribution in [3.63, 3.8) is 0 Å². The summed E-state index contributed by atoms with van der Waals surface area (Å²) in [5.74, 6) is 0. The van der Waals surface area contributed by atoms with Gasteiger partial charge in [0.1, 0.15) is 0 Å². The number of aliphatic imine (C=N–C) groups is 1. The average molecular weight is 232 g/mol. The van der Waals surface area contributed by atoms with E-state index in [9.17, 15) is 0 Å². The van der Waals surface area contributed by atoms with Gasteiger partial charge in [-0.3, -0.25) is 4.99 Å². The van der Waals surface area contributed by atoms with Crippen LogP contribution in [0, 0.1) is 0 Å². The Balaban J connectivity index is 2.51. The molecule has 0 atom stereocenters. The Labute approximate surface area is 101 Å². The first kappa shape index (κ1) is 12.6. The summed E-state index contributed by atoms with van der Waals surface area (Å²) < 4.78 is 0. The zero-order valence-electron chi connectivity index (χ0n) is 9.44. The molecule has 0 spiro atoms. The highest BCUT2D eigenvalue weighted by molar-refractivity contribution is 8.16. The molecule has 1 aromatic carbocycles. The summed E-state index contributed by atoms with van der Waals surface area (Å²) in [7, 11) is 1.74. The topological polar surface area (TPSA) is 24.4 Å². The van der Waals surface area contributed by atoms with Gasteiger partial charge in [-0.25, -0.2) is 0 Å². The molecule has 0 fully saturated rings. The van der Waals surface area contributed by atoms with Crippen molar-refractivity contribution in [1.82, 2.24) is 5.32 Å². The highest BCUT2D eigenvalue weighted by Crippen LogP contribution is 2.07. The summed E-state index contributed by atoms with van der Waals surface area (Å²) in [6.07, 6.45) is 0.803. The van der Waals surface area contributed by atoms with E-state index in [2.05, 4.69) is 35.6 Å². The first-order valence-electron chi connectivity index (χ1n) is 4.99. The summed E-state index contributed by atoms with van der Waals surface area (Å²) in [5, 5.41) is 5.72. The van der Waals surface area contributed by atoms with Gasteiger partial charge in [0.15, 0.2) is 5.17 Å². The van der Waals surface area contributed by atoms with E-state index in [0.717, 1.165) is 17.3 Å². The van der Waals surface area contributed by atoms with E-state index in [-0.39, 0.29) is 0 Å². The first-order chi connectivity index (χ1) is 7.76. The highest BCUT2D eigenvalue weighted by Gasteiger charge is 2.00. The maximum absolute atomic E-state index is 4.10. The van der Waals surface area contributed by atoms with Gasteiger partial charge >= 0.3 is 0 Å². The van der Waals surface area contributed by atoms with Crippen molar-refractivity contribution in [1.29, 1.82) is 0 Å². The number of thioether (sulfide) groups is 1. The molecule has 16 heavy (non-hydrogen) atoms. The molecule has 1 N–H and O–H groups in total. The molecule has 84 valence electrons. The van der Waals surface area contributed by atoms with Gasteiger partial charge in [0, 0.05) is 19.2 Å². The zero-order chi connectivity index (χ0) is 11.8. The van der Waals surface area contributed by atoms with Crippen LogP contribution in [-0.2, 0) is 6.42 Å². The van der Waals surface area contributed by atoms with Gasteiger partial charge in [0.05, 0.1) is 0 Å². The molecular formula is C13H16N2S. The van der Waals surface area contributed by atoms with Crippen LogP contribution in [0.1, 0.15) is 5.56 Å². The first-order valence-corrected chi connectivity index (χ1v) is 5.87. The van der Waals surface area contributed by atoms with E-state index < -0.39 is 0 Å². The summed E-state index contributed by atoms with van der Waals surface area (Å²) in [6.45, 7) is 7.63. The summed E-state index contributed by atoms with van der Waals surface area (Å²) >= 11 is 1.46. The van der Waals surface area contributed by atoms with Crippen LogP contribution in [0.4, 0.5) is 0 Å². The fraction of sp³-hybridized carbons (Fsp3) is 0.154. The molecule has 0 aliphatic carbocycles. The second-order valence-corrected chi connectivity index (χ2v) is 4.16. The lowest BCUT2D eigenvalue weighted by Gasteiger charge is -2.09. The Morgan fingerprint density at radius 2 is 2.12 bits per heavy atom. The molecule has 0 amide bonds. The van der Waals surface area contributed by atoms with Crippen molar-refractivity contribution in [2.24, 2.45) is 4.99 Å². The molecule has 0 saturated carbocycles. The van der Waals surface area contributed by atoms with Crippen LogP contribution in [0.3, 0.4) is 0 Å². The minimum absolute atomic E-state index is 0.803. The molecule has 1 aromatic rings. The van der Waals surface area contributed by atoms with Crippen molar-refractivity contribution >= 4 is 16.9 Å². The number of benzene rings is 1. The van der Waals surface area contributed by atoms with Crippen LogP contribution in [0.5, 0.6) is 0 Å². The largest absolute Gasteiger partial charge is 0.339 e. The molecule has 0 radical (unpaired) electrons. The maximum Gasteiger partial charge on any atom is 0.164 e. The number of allylic oxidation sites excluding steroid dienone is 1. The van der Waals surface area contributed by atoms with E-state index in [1.165, 1.54) is 17.3 Å². The maximum atomic E-state index is 4.10. The second-order valence-electron chi connectivity index (χ2n) is 3.20. The van der Waals surface area contributed by atoms with Crippen molar-refractivity contribution < 1.29 is 0 Å². The Morgan fingerprint density at radius 1 is 1.44 bits per heavy atom. The Bertz CT molecular complexity index is 382. The van der Waals surface area contributed by atoms with E-state index in [4.69, 9.17) is 0 Å². The third-order valence-corrected chi connectivity index (χ3v) is 2.62.